The molecule has 0 spiro atoms. The number of esters is 1. The number of unbranched alkanes of at least 4 members (excludes halogenated alkanes) is 9. The second kappa shape index (κ2) is 18.0. The lowest BCUT2D eigenvalue weighted by Crippen LogP contribution is -2.43. The van der Waals surface area contributed by atoms with Crippen LogP contribution in [-0.4, -0.2) is 43.8 Å². The van der Waals surface area contributed by atoms with Gasteiger partial charge in [-0.25, -0.2) is 4.79 Å². The third kappa shape index (κ3) is 14.9. The summed E-state index contributed by atoms with van der Waals surface area (Å²) in [5.74, 6) is 0.718. The molecule has 0 aromatic heterocycles. The first-order valence-electron chi connectivity index (χ1n) is 14.6. The van der Waals surface area contributed by atoms with Crippen molar-refractivity contribution in [1.29, 1.82) is 0 Å². The fraction of sp³-hybridized carbons (Fsp3) is 0.606. The molecule has 2 aromatic carbocycles. The molecule has 0 heterocycles. The van der Waals surface area contributed by atoms with Crippen LogP contribution in [0.15, 0.2) is 54.6 Å². The summed E-state index contributed by atoms with van der Waals surface area (Å²) >= 11 is 0. The van der Waals surface area contributed by atoms with Gasteiger partial charge in [-0.1, -0.05) is 107 Å². The third-order valence-electron chi connectivity index (χ3n) is 6.88. The molecule has 1 unspecified atom stereocenters. The summed E-state index contributed by atoms with van der Waals surface area (Å²) in [6, 6.07) is 18.8. The number of rotatable bonds is 20. The predicted molar refractivity (Wildman–Crippen MR) is 155 cm³/mol. The van der Waals surface area contributed by atoms with Crippen molar-refractivity contribution in [2.24, 2.45) is 0 Å². The Labute approximate surface area is 227 Å². The van der Waals surface area contributed by atoms with E-state index in [2.05, 4.69) is 57.4 Å². The standard InChI is InChI=1S/C33H52NO3/c1-5-6-7-8-9-10-11-12-13-15-18-30-21-23-32(24-22-30)37-29(2)25-26-36-33(35)28-34(3,4)27-31-19-16-14-17-20-31/h14,16-17,19-24,29H,5-13,15,18,25-28H2,1-4H3/q+1. The van der Waals surface area contributed by atoms with Gasteiger partial charge in [0.25, 0.3) is 0 Å². The van der Waals surface area contributed by atoms with E-state index < -0.39 is 0 Å². The molecule has 0 radical (unpaired) electrons. The quantitative estimate of drug-likeness (QED) is 0.102. The van der Waals surface area contributed by atoms with Crippen LogP contribution < -0.4 is 4.74 Å². The van der Waals surface area contributed by atoms with Gasteiger partial charge in [0.05, 0.1) is 26.8 Å². The van der Waals surface area contributed by atoms with Gasteiger partial charge in [0, 0.05) is 12.0 Å². The highest BCUT2D eigenvalue weighted by atomic mass is 16.5. The van der Waals surface area contributed by atoms with Crippen LogP contribution in [0.4, 0.5) is 0 Å². The molecule has 0 saturated carbocycles. The van der Waals surface area contributed by atoms with Gasteiger partial charge >= 0.3 is 5.97 Å². The van der Waals surface area contributed by atoms with E-state index in [9.17, 15) is 4.79 Å². The van der Waals surface area contributed by atoms with Crippen molar-refractivity contribution in [1.82, 2.24) is 0 Å². The molecule has 0 saturated heterocycles. The summed E-state index contributed by atoms with van der Waals surface area (Å²) in [5, 5.41) is 0. The highest BCUT2D eigenvalue weighted by Gasteiger charge is 2.22. The minimum atomic E-state index is -0.163. The third-order valence-corrected chi connectivity index (χ3v) is 6.88. The molecule has 1 atom stereocenters. The van der Waals surface area contributed by atoms with Crippen molar-refractivity contribution in [2.75, 3.05) is 27.2 Å². The molecule has 0 aliphatic carbocycles. The summed E-state index contributed by atoms with van der Waals surface area (Å²) in [6.07, 6.45) is 15.5. The summed E-state index contributed by atoms with van der Waals surface area (Å²) in [4.78, 5) is 12.4. The Morgan fingerprint density at radius 1 is 0.784 bits per heavy atom. The van der Waals surface area contributed by atoms with E-state index in [-0.39, 0.29) is 12.1 Å². The molecule has 37 heavy (non-hydrogen) atoms. The van der Waals surface area contributed by atoms with Crippen LogP contribution in [-0.2, 0) is 22.5 Å². The molecule has 0 bridgehead atoms. The molecule has 2 aromatic rings. The van der Waals surface area contributed by atoms with E-state index in [4.69, 9.17) is 9.47 Å². The molecule has 2 rings (SSSR count). The number of carbonyl (C=O) groups excluding carboxylic acids is 1. The minimum Gasteiger partial charge on any atom is -0.491 e. The SMILES string of the molecule is CCCCCCCCCCCCc1ccc(OC(C)CCOC(=O)C[N+](C)(C)Cc2ccccc2)cc1. The van der Waals surface area contributed by atoms with Crippen LogP contribution >= 0.6 is 0 Å². The van der Waals surface area contributed by atoms with Gasteiger partial charge in [-0.3, -0.25) is 0 Å². The smallest absolute Gasteiger partial charge is 0.361 e. The average molecular weight is 511 g/mol. The second-order valence-electron chi connectivity index (χ2n) is 11.3. The minimum absolute atomic E-state index is 0.00700. The molecule has 4 nitrogen and oxygen atoms in total. The van der Waals surface area contributed by atoms with Crippen molar-refractivity contribution in [3.63, 3.8) is 0 Å². The Morgan fingerprint density at radius 3 is 2.00 bits per heavy atom. The fourth-order valence-electron chi connectivity index (χ4n) is 4.71. The topological polar surface area (TPSA) is 35.5 Å². The first-order chi connectivity index (χ1) is 17.9. The molecular weight excluding hydrogens is 458 g/mol. The van der Waals surface area contributed by atoms with Gasteiger partial charge in [0.1, 0.15) is 12.3 Å². The Hall–Kier alpha value is -2.33. The highest BCUT2D eigenvalue weighted by Crippen LogP contribution is 2.18. The van der Waals surface area contributed by atoms with Crippen LogP contribution in [0.3, 0.4) is 0 Å². The Morgan fingerprint density at radius 2 is 1.38 bits per heavy atom. The van der Waals surface area contributed by atoms with E-state index >= 15 is 0 Å². The van der Waals surface area contributed by atoms with Gasteiger partial charge in [0.15, 0.2) is 6.54 Å². The zero-order chi connectivity index (χ0) is 26.8. The maximum absolute atomic E-state index is 12.4. The van der Waals surface area contributed by atoms with Crippen molar-refractivity contribution in [3.8, 4) is 5.75 Å². The molecule has 0 fully saturated rings. The number of aryl methyl sites for hydroxylation is 1. The van der Waals surface area contributed by atoms with Gasteiger partial charge in [-0.2, -0.15) is 0 Å². The van der Waals surface area contributed by atoms with Crippen LogP contribution in [0.2, 0.25) is 0 Å². The lowest BCUT2D eigenvalue weighted by Gasteiger charge is -2.28. The van der Waals surface area contributed by atoms with Gasteiger partial charge in [0.2, 0.25) is 0 Å². The maximum atomic E-state index is 12.4. The molecule has 0 aliphatic heterocycles. The number of quaternary nitrogens is 1. The highest BCUT2D eigenvalue weighted by molar-refractivity contribution is 5.70. The average Bonchev–Trinajstić information content (AvgIpc) is 2.86. The summed E-state index contributed by atoms with van der Waals surface area (Å²) < 4.78 is 12.1. The zero-order valence-corrected chi connectivity index (χ0v) is 24.1. The Bertz CT molecular complexity index is 848. The summed E-state index contributed by atoms with van der Waals surface area (Å²) in [6.45, 7) is 5.83. The normalized spacial score (nSPS) is 12.3. The van der Waals surface area contributed by atoms with Crippen molar-refractivity contribution in [2.45, 2.75) is 104 Å². The van der Waals surface area contributed by atoms with Crippen molar-refractivity contribution >= 4 is 5.97 Å². The van der Waals surface area contributed by atoms with Crippen LogP contribution in [0, 0.1) is 0 Å². The molecule has 206 valence electrons. The first-order valence-corrected chi connectivity index (χ1v) is 14.6. The second-order valence-corrected chi connectivity index (χ2v) is 11.3. The fourth-order valence-corrected chi connectivity index (χ4v) is 4.71. The molecule has 0 amide bonds. The molecule has 4 heteroatoms. The number of likely N-dealkylation sites (N-methyl/N-ethyl adjacent to an activating group) is 1. The van der Waals surface area contributed by atoms with Crippen LogP contribution in [0.1, 0.15) is 95.6 Å². The monoisotopic (exact) mass is 510 g/mol. The molecular formula is C33H52NO3+. The number of hydrogen-bond acceptors (Lipinski definition) is 3. The first kappa shape index (κ1) is 30.9. The van der Waals surface area contributed by atoms with Gasteiger partial charge in [-0.15, -0.1) is 0 Å². The van der Waals surface area contributed by atoms with E-state index in [1.807, 2.05) is 25.1 Å². The lowest BCUT2D eigenvalue weighted by molar-refractivity contribution is -0.896. The predicted octanol–water partition coefficient (Wildman–Crippen LogP) is 8.13. The number of nitrogens with zero attached hydrogens (tertiary/aromatic N) is 1. The van der Waals surface area contributed by atoms with Crippen LogP contribution in [0.25, 0.3) is 0 Å². The number of benzene rings is 2. The van der Waals surface area contributed by atoms with E-state index in [1.54, 1.807) is 0 Å². The van der Waals surface area contributed by atoms with Crippen LogP contribution in [0.5, 0.6) is 5.75 Å². The zero-order valence-electron chi connectivity index (χ0n) is 24.1. The van der Waals surface area contributed by atoms with Crippen molar-refractivity contribution in [3.05, 3.63) is 65.7 Å². The molecule has 0 N–H and O–H groups in total. The number of hydrogen-bond donors (Lipinski definition) is 0. The number of carbonyl (C=O) groups is 1. The summed E-state index contributed by atoms with van der Waals surface area (Å²) in [5.41, 5.74) is 2.60. The lowest BCUT2D eigenvalue weighted by atomic mass is 10.0. The maximum Gasteiger partial charge on any atom is 0.361 e. The Kier molecular flexibility index (Phi) is 15.0. The van der Waals surface area contributed by atoms with E-state index in [0.29, 0.717) is 24.1 Å². The summed E-state index contributed by atoms with van der Waals surface area (Å²) in [7, 11) is 4.11. The van der Waals surface area contributed by atoms with E-state index in [1.165, 1.54) is 75.3 Å². The van der Waals surface area contributed by atoms with Gasteiger partial charge in [-0.05, 0) is 37.5 Å². The largest absolute Gasteiger partial charge is 0.491 e. The van der Waals surface area contributed by atoms with E-state index in [0.717, 1.165) is 18.7 Å². The molecule has 0 aliphatic rings. The van der Waals surface area contributed by atoms with Gasteiger partial charge < -0.3 is 14.0 Å². The van der Waals surface area contributed by atoms with Crippen molar-refractivity contribution < 1.29 is 18.8 Å². The number of ether oxygens (including phenoxy) is 2. The Balaban J connectivity index is 1.54.